The fourth-order valence-electron chi connectivity index (χ4n) is 4.24. The number of hydrogen-bond donors (Lipinski definition) is 0. The second-order valence-electron chi connectivity index (χ2n) is 8.10. The van der Waals surface area contributed by atoms with Crippen molar-refractivity contribution in [2.45, 2.75) is 58.6 Å². The molecule has 3 aromatic heterocycles. The molecule has 0 amide bonds. The largest absolute Gasteiger partial charge is 0.438 e. The summed E-state index contributed by atoms with van der Waals surface area (Å²) in [6.45, 7) is 1.22. The van der Waals surface area contributed by atoms with Gasteiger partial charge in [-0.3, -0.25) is 4.98 Å². The molecule has 3 heteroatoms. The lowest BCUT2D eigenvalue weighted by atomic mass is 9.90. The molecule has 1 saturated carbocycles. The molecule has 1 aliphatic rings. The SMILES string of the molecule is [2H]C([2H])([2H])c1ccc2c(n1)oc1ccc(-c3cc(C([2H])([2H])C4CCCC4)c(C([2H])(C)C)cn3)cc12. The average molecular weight is 391 g/mol. The second kappa shape index (κ2) is 7.29. The van der Waals surface area contributed by atoms with Crippen molar-refractivity contribution in [1.82, 2.24) is 9.97 Å². The van der Waals surface area contributed by atoms with Crippen molar-refractivity contribution in [2.75, 3.05) is 0 Å². The number of hydrogen-bond acceptors (Lipinski definition) is 3. The van der Waals surface area contributed by atoms with Crippen LogP contribution in [0.15, 0.2) is 47.0 Å². The molecular formula is C26H28N2O. The maximum atomic E-state index is 9.02. The van der Waals surface area contributed by atoms with Crippen molar-refractivity contribution in [1.29, 1.82) is 0 Å². The first-order chi connectivity index (χ1) is 16.4. The van der Waals surface area contributed by atoms with E-state index in [2.05, 4.69) is 9.97 Å². The first-order valence-electron chi connectivity index (χ1n) is 13.2. The van der Waals surface area contributed by atoms with Gasteiger partial charge in [0.1, 0.15) is 5.58 Å². The zero-order valence-corrected chi connectivity index (χ0v) is 16.7. The summed E-state index contributed by atoms with van der Waals surface area (Å²) in [5.41, 5.74) is 3.40. The van der Waals surface area contributed by atoms with Gasteiger partial charge in [0, 0.05) is 36.5 Å². The van der Waals surface area contributed by atoms with E-state index in [0.717, 1.165) is 36.6 Å². The molecule has 0 unspecified atom stereocenters. The van der Waals surface area contributed by atoms with Crippen LogP contribution < -0.4 is 0 Å². The molecule has 148 valence electrons. The van der Waals surface area contributed by atoms with Crippen molar-refractivity contribution >= 4 is 22.1 Å². The number of pyridine rings is 2. The summed E-state index contributed by atoms with van der Waals surface area (Å²) in [6, 6.07) is 10.6. The third-order valence-electron chi connectivity index (χ3n) is 5.79. The van der Waals surface area contributed by atoms with Crippen molar-refractivity contribution in [2.24, 2.45) is 5.92 Å². The molecule has 0 aliphatic heterocycles. The van der Waals surface area contributed by atoms with E-state index >= 15 is 0 Å². The highest BCUT2D eigenvalue weighted by molar-refractivity contribution is 6.05. The van der Waals surface area contributed by atoms with Crippen LogP contribution in [0.3, 0.4) is 0 Å². The fourth-order valence-corrected chi connectivity index (χ4v) is 4.24. The van der Waals surface area contributed by atoms with Gasteiger partial charge >= 0.3 is 0 Å². The number of fused-ring (bicyclic) bond motifs is 3. The molecular weight excluding hydrogens is 356 g/mol. The highest BCUT2D eigenvalue weighted by Crippen LogP contribution is 2.34. The van der Waals surface area contributed by atoms with E-state index in [4.69, 9.17) is 12.6 Å². The Labute approximate surface area is 180 Å². The Morgan fingerprint density at radius 1 is 1.17 bits per heavy atom. The Hall–Kier alpha value is -2.68. The van der Waals surface area contributed by atoms with Crippen LogP contribution in [0, 0.1) is 12.8 Å². The van der Waals surface area contributed by atoms with Gasteiger partial charge in [0.15, 0.2) is 0 Å². The third-order valence-corrected chi connectivity index (χ3v) is 5.79. The lowest BCUT2D eigenvalue weighted by Gasteiger charge is -2.17. The summed E-state index contributed by atoms with van der Waals surface area (Å²) in [4.78, 5) is 8.83. The quantitative estimate of drug-likeness (QED) is 0.369. The molecule has 29 heavy (non-hydrogen) atoms. The highest BCUT2D eigenvalue weighted by Gasteiger charge is 2.19. The zero-order valence-electron chi connectivity index (χ0n) is 22.7. The van der Waals surface area contributed by atoms with Crippen molar-refractivity contribution < 1.29 is 12.6 Å². The Morgan fingerprint density at radius 2 is 2.03 bits per heavy atom. The van der Waals surface area contributed by atoms with Gasteiger partial charge in [-0.1, -0.05) is 39.5 Å². The molecule has 1 fully saturated rings. The number of aryl methyl sites for hydroxylation is 1. The Balaban J connectivity index is 1.64. The lowest BCUT2D eigenvalue weighted by Crippen LogP contribution is -2.05. The first-order valence-corrected chi connectivity index (χ1v) is 10.2. The summed E-state index contributed by atoms with van der Waals surface area (Å²) < 4.78 is 55.3. The predicted molar refractivity (Wildman–Crippen MR) is 119 cm³/mol. The molecule has 4 aromatic rings. The van der Waals surface area contributed by atoms with Crippen molar-refractivity contribution in [3.05, 3.63) is 59.4 Å². The molecule has 0 atom stereocenters. The third kappa shape index (κ3) is 3.43. The number of rotatable bonds is 4. The molecule has 0 radical (unpaired) electrons. The van der Waals surface area contributed by atoms with Gasteiger partial charge < -0.3 is 4.42 Å². The van der Waals surface area contributed by atoms with Gasteiger partial charge in [-0.05, 0) is 72.6 Å². The van der Waals surface area contributed by atoms with E-state index < -0.39 is 19.1 Å². The molecule has 0 bridgehead atoms. The summed E-state index contributed by atoms with van der Waals surface area (Å²) >= 11 is 0. The maximum Gasteiger partial charge on any atom is 0.227 e. The minimum Gasteiger partial charge on any atom is -0.438 e. The highest BCUT2D eigenvalue weighted by atomic mass is 16.3. The zero-order chi connectivity index (χ0) is 25.2. The van der Waals surface area contributed by atoms with Crippen LogP contribution in [-0.2, 0) is 6.37 Å². The minimum atomic E-state index is -2.32. The topological polar surface area (TPSA) is 38.9 Å². The molecule has 3 nitrogen and oxygen atoms in total. The molecule has 3 heterocycles. The van der Waals surface area contributed by atoms with Crippen LogP contribution >= 0.6 is 0 Å². The predicted octanol–water partition coefficient (Wildman–Crippen LogP) is 7.21. The van der Waals surface area contributed by atoms with Crippen molar-refractivity contribution in [3.8, 4) is 11.3 Å². The van der Waals surface area contributed by atoms with E-state index in [9.17, 15) is 0 Å². The van der Waals surface area contributed by atoms with Crippen LogP contribution in [0.2, 0.25) is 0 Å². The van der Waals surface area contributed by atoms with Gasteiger partial charge in [0.25, 0.3) is 0 Å². The standard InChI is InChI=1S/C26H28N2O/c1-16(2)23-15-27-24(14-20(23)12-18-6-4-5-7-18)19-9-11-25-22(13-19)21-10-8-17(3)28-26(21)29-25/h8-11,13-16,18H,4-7,12H2,1-3H3/i3D3,12D2,16D. The number of benzene rings is 1. The van der Waals surface area contributed by atoms with Crippen LogP contribution in [0.1, 0.15) is 70.5 Å². The molecule has 0 spiro atoms. The average Bonchev–Trinajstić information content (AvgIpc) is 3.45. The summed E-state index contributed by atoms with van der Waals surface area (Å²) in [6.07, 6.45) is 3.85. The normalized spacial score (nSPS) is 19.5. The lowest BCUT2D eigenvalue weighted by molar-refractivity contribution is 0.542. The van der Waals surface area contributed by atoms with E-state index in [1.165, 1.54) is 6.07 Å². The molecule has 0 N–H and O–H groups in total. The maximum absolute atomic E-state index is 9.02. The van der Waals surface area contributed by atoms with Gasteiger partial charge in [-0.2, -0.15) is 0 Å². The molecule has 5 rings (SSSR count). The Morgan fingerprint density at radius 3 is 2.83 bits per heavy atom. The second-order valence-corrected chi connectivity index (χ2v) is 8.10. The molecule has 0 saturated heterocycles. The number of nitrogens with zero attached hydrogens (tertiary/aromatic N) is 2. The van der Waals surface area contributed by atoms with E-state index in [1.54, 1.807) is 38.2 Å². The summed E-state index contributed by atoms with van der Waals surface area (Å²) in [5.74, 6) is -1.05. The number of aromatic nitrogens is 2. The minimum absolute atomic E-state index is 0.0154. The Kier molecular flexibility index (Phi) is 3.22. The van der Waals surface area contributed by atoms with E-state index in [1.807, 2.05) is 12.1 Å². The monoisotopic (exact) mass is 390 g/mol. The van der Waals surface area contributed by atoms with Gasteiger partial charge in [-0.15, -0.1) is 0 Å². The first kappa shape index (κ1) is 12.8. The summed E-state index contributed by atoms with van der Waals surface area (Å²) in [5, 5.41) is 1.49. The fraction of sp³-hybridized carbons (Fsp3) is 0.385. The Bertz CT molecular complexity index is 1410. The van der Waals surface area contributed by atoms with Gasteiger partial charge in [0.2, 0.25) is 5.71 Å². The van der Waals surface area contributed by atoms with Crippen LogP contribution in [0.5, 0.6) is 0 Å². The van der Waals surface area contributed by atoms with Crippen LogP contribution in [-0.4, -0.2) is 9.97 Å². The molecule has 1 aromatic carbocycles. The van der Waals surface area contributed by atoms with Gasteiger partial charge in [-0.25, -0.2) is 4.98 Å². The van der Waals surface area contributed by atoms with Crippen LogP contribution in [0.4, 0.5) is 0 Å². The van der Waals surface area contributed by atoms with E-state index in [0.29, 0.717) is 27.8 Å². The van der Waals surface area contributed by atoms with Crippen LogP contribution in [0.25, 0.3) is 33.3 Å². The van der Waals surface area contributed by atoms with Crippen molar-refractivity contribution in [3.63, 3.8) is 0 Å². The number of furan rings is 1. The van der Waals surface area contributed by atoms with E-state index in [-0.39, 0.29) is 17.3 Å². The summed E-state index contributed by atoms with van der Waals surface area (Å²) in [7, 11) is 0. The molecule has 1 aliphatic carbocycles. The smallest absolute Gasteiger partial charge is 0.227 e. The van der Waals surface area contributed by atoms with Gasteiger partial charge in [0.05, 0.1) is 5.69 Å².